The summed E-state index contributed by atoms with van der Waals surface area (Å²) in [7, 11) is -3.82. The number of anilines is 1. The summed E-state index contributed by atoms with van der Waals surface area (Å²) in [4.78, 5) is 17.5. The van der Waals surface area contributed by atoms with Crippen LogP contribution in [0.1, 0.15) is 32.1 Å². The summed E-state index contributed by atoms with van der Waals surface area (Å²) in [5.74, 6) is -0.481. The first-order valence-corrected chi connectivity index (χ1v) is 10.4. The lowest BCUT2D eigenvalue weighted by atomic mass is 9.87. The first-order chi connectivity index (χ1) is 13.0. The summed E-state index contributed by atoms with van der Waals surface area (Å²) < 4.78 is 26.9. The molecule has 1 amide bonds. The average Bonchev–Trinajstić information content (AvgIpc) is 3.17. The average molecular weight is 384 g/mol. The zero-order chi connectivity index (χ0) is 18.9. The van der Waals surface area contributed by atoms with Crippen LogP contribution in [0.2, 0.25) is 0 Å². The molecule has 0 unspecified atom stereocenters. The predicted octanol–water partition coefficient (Wildman–Crippen LogP) is 2.84. The third-order valence-corrected chi connectivity index (χ3v) is 7.69. The molecule has 1 fully saturated rings. The van der Waals surface area contributed by atoms with E-state index in [0.717, 1.165) is 6.42 Å². The fourth-order valence-electron chi connectivity index (χ4n) is 3.70. The molecule has 27 heavy (non-hydrogen) atoms. The minimum atomic E-state index is -3.82. The van der Waals surface area contributed by atoms with Gasteiger partial charge < -0.3 is 5.32 Å². The first kappa shape index (κ1) is 17.7. The van der Waals surface area contributed by atoms with Crippen molar-refractivity contribution in [2.45, 2.75) is 41.7 Å². The summed E-state index contributed by atoms with van der Waals surface area (Å²) in [6.07, 6.45) is 6.05. The maximum Gasteiger partial charge on any atom is 0.246 e. The van der Waals surface area contributed by atoms with Gasteiger partial charge in [0.05, 0.1) is 16.8 Å². The number of benzene rings is 1. The lowest BCUT2D eigenvalue weighted by Crippen LogP contribution is -2.51. The van der Waals surface area contributed by atoms with E-state index < -0.39 is 20.5 Å². The Kier molecular flexibility index (Phi) is 4.43. The summed E-state index contributed by atoms with van der Waals surface area (Å²) in [5, 5.41) is 6.85. The van der Waals surface area contributed by atoms with Crippen LogP contribution in [-0.2, 0) is 14.6 Å². The Bertz CT molecular complexity index is 1070. The van der Waals surface area contributed by atoms with Crippen LogP contribution in [0.5, 0.6) is 0 Å². The topological polar surface area (TPSA) is 93.4 Å². The van der Waals surface area contributed by atoms with E-state index in [2.05, 4.69) is 15.4 Å². The Morgan fingerprint density at radius 1 is 1.04 bits per heavy atom. The van der Waals surface area contributed by atoms with Gasteiger partial charge in [-0.2, -0.15) is 5.10 Å². The molecule has 140 valence electrons. The third-order valence-electron chi connectivity index (χ3n) is 5.17. The van der Waals surface area contributed by atoms with Gasteiger partial charge in [-0.15, -0.1) is 0 Å². The van der Waals surface area contributed by atoms with Crippen molar-refractivity contribution in [1.29, 1.82) is 0 Å². The van der Waals surface area contributed by atoms with Gasteiger partial charge in [0.15, 0.2) is 20.2 Å². The van der Waals surface area contributed by atoms with Crippen LogP contribution in [0, 0.1) is 0 Å². The Morgan fingerprint density at radius 3 is 2.52 bits per heavy atom. The molecular weight excluding hydrogens is 364 g/mol. The molecule has 3 aromatic rings. The molecule has 1 aromatic carbocycles. The molecule has 2 heterocycles. The fourth-order valence-corrected chi connectivity index (χ4v) is 5.79. The molecule has 2 aromatic heterocycles. The van der Waals surface area contributed by atoms with Crippen molar-refractivity contribution in [3.8, 4) is 0 Å². The number of sulfone groups is 1. The predicted molar refractivity (Wildman–Crippen MR) is 101 cm³/mol. The van der Waals surface area contributed by atoms with Crippen LogP contribution < -0.4 is 5.32 Å². The normalized spacial score (nSPS) is 16.9. The highest BCUT2D eigenvalue weighted by atomic mass is 32.2. The Balaban J connectivity index is 1.71. The number of amides is 1. The van der Waals surface area contributed by atoms with Crippen LogP contribution >= 0.6 is 0 Å². The lowest BCUT2D eigenvalue weighted by Gasteiger charge is -2.35. The maximum atomic E-state index is 13.4. The minimum absolute atomic E-state index is 0.189. The van der Waals surface area contributed by atoms with E-state index in [1.54, 1.807) is 48.7 Å². The Labute approximate surface area is 157 Å². The van der Waals surface area contributed by atoms with Gasteiger partial charge in [-0.1, -0.05) is 37.5 Å². The van der Waals surface area contributed by atoms with E-state index in [0.29, 0.717) is 37.0 Å². The maximum absolute atomic E-state index is 13.4. The van der Waals surface area contributed by atoms with Crippen molar-refractivity contribution in [3.63, 3.8) is 0 Å². The molecule has 0 spiro atoms. The van der Waals surface area contributed by atoms with Crippen molar-refractivity contribution in [1.82, 2.24) is 14.6 Å². The van der Waals surface area contributed by atoms with E-state index in [9.17, 15) is 13.2 Å². The summed E-state index contributed by atoms with van der Waals surface area (Å²) in [6, 6.07) is 11.7. The fraction of sp³-hybridized carbons (Fsp3) is 0.316. The zero-order valence-electron chi connectivity index (χ0n) is 14.7. The molecule has 0 saturated heterocycles. The van der Waals surface area contributed by atoms with E-state index in [1.165, 1.54) is 10.8 Å². The molecule has 7 nitrogen and oxygen atoms in total. The van der Waals surface area contributed by atoms with Gasteiger partial charge in [-0.3, -0.25) is 4.79 Å². The van der Waals surface area contributed by atoms with Gasteiger partial charge in [0.2, 0.25) is 5.91 Å². The molecule has 1 saturated carbocycles. The highest BCUT2D eigenvalue weighted by Crippen LogP contribution is 2.40. The summed E-state index contributed by atoms with van der Waals surface area (Å²) >= 11 is 0. The second-order valence-electron chi connectivity index (χ2n) is 6.81. The second-order valence-corrected chi connectivity index (χ2v) is 9.07. The highest BCUT2D eigenvalue weighted by Gasteiger charge is 2.51. The van der Waals surface area contributed by atoms with E-state index in [4.69, 9.17) is 0 Å². The quantitative estimate of drug-likeness (QED) is 0.746. The summed E-state index contributed by atoms with van der Waals surface area (Å²) in [6.45, 7) is 0. The SMILES string of the molecule is O=C(Nc1ccc2ncnn2c1)C1(S(=O)(=O)c2ccccc2)CCCCC1. The van der Waals surface area contributed by atoms with Crippen molar-refractivity contribution in [2.24, 2.45) is 0 Å². The molecule has 4 rings (SSSR count). The molecule has 0 bridgehead atoms. The first-order valence-electron chi connectivity index (χ1n) is 8.93. The van der Waals surface area contributed by atoms with Crippen molar-refractivity contribution in [3.05, 3.63) is 55.0 Å². The smallest absolute Gasteiger partial charge is 0.246 e. The number of carbonyl (C=O) groups excluding carboxylic acids is 1. The molecule has 0 radical (unpaired) electrons. The number of nitrogens with zero attached hydrogens (tertiary/aromatic N) is 3. The van der Waals surface area contributed by atoms with Crippen LogP contribution in [0.4, 0.5) is 5.69 Å². The second kappa shape index (κ2) is 6.77. The molecule has 1 aliphatic rings. The minimum Gasteiger partial charge on any atom is -0.323 e. The number of pyridine rings is 1. The molecule has 1 N–H and O–H groups in total. The van der Waals surface area contributed by atoms with Crippen molar-refractivity contribution in [2.75, 3.05) is 5.32 Å². The van der Waals surface area contributed by atoms with Gasteiger partial charge in [0.1, 0.15) is 6.33 Å². The Hall–Kier alpha value is -2.74. The van der Waals surface area contributed by atoms with Gasteiger partial charge >= 0.3 is 0 Å². The third kappa shape index (κ3) is 2.99. The zero-order valence-corrected chi connectivity index (χ0v) is 15.5. The molecular formula is C19H20N4O3S. The van der Waals surface area contributed by atoms with E-state index in [-0.39, 0.29) is 4.90 Å². The monoisotopic (exact) mass is 384 g/mol. The lowest BCUT2D eigenvalue weighted by molar-refractivity contribution is -0.119. The number of rotatable bonds is 4. The number of aromatic nitrogens is 3. The number of fused-ring (bicyclic) bond motifs is 1. The van der Waals surface area contributed by atoms with Gasteiger partial charge in [0, 0.05) is 0 Å². The molecule has 1 aliphatic carbocycles. The molecule has 0 atom stereocenters. The van der Waals surface area contributed by atoms with Crippen LogP contribution in [0.25, 0.3) is 5.65 Å². The highest BCUT2D eigenvalue weighted by molar-refractivity contribution is 7.93. The summed E-state index contributed by atoms with van der Waals surface area (Å²) in [5.41, 5.74) is 1.14. The van der Waals surface area contributed by atoms with Crippen LogP contribution in [0.15, 0.2) is 59.9 Å². The Morgan fingerprint density at radius 2 is 1.78 bits per heavy atom. The molecule has 8 heteroatoms. The number of nitrogens with one attached hydrogen (secondary N) is 1. The van der Waals surface area contributed by atoms with Crippen LogP contribution in [-0.4, -0.2) is 33.7 Å². The van der Waals surface area contributed by atoms with E-state index >= 15 is 0 Å². The molecule has 0 aliphatic heterocycles. The van der Waals surface area contributed by atoms with Crippen LogP contribution in [0.3, 0.4) is 0 Å². The van der Waals surface area contributed by atoms with Gasteiger partial charge in [-0.05, 0) is 37.1 Å². The van der Waals surface area contributed by atoms with Gasteiger partial charge in [0.25, 0.3) is 0 Å². The number of carbonyl (C=O) groups is 1. The van der Waals surface area contributed by atoms with Gasteiger partial charge in [-0.25, -0.2) is 17.9 Å². The number of hydrogen-bond donors (Lipinski definition) is 1. The largest absolute Gasteiger partial charge is 0.323 e. The number of hydrogen-bond acceptors (Lipinski definition) is 5. The standard InChI is InChI=1S/C19H20N4O3S/c24-18(22-15-9-10-17-20-14-21-23(17)13-15)19(11-5-2-6-12-19)27(25,26)16-7-3-1-4-8-16/h1,3-4,7-10,13-14H,2,5-6,11-12H2,(H,22,24). The van der Waals surface area contributed by atoms with Crippen molar-refractivity contribution >= 4 is 27.1 Å². The van der Waals surface area contributed by atoms with E-state index in [1.807, 2.05) is 0 Å². The van der Waals surface area contributed by atoms with Crippen molar-refractivity contribution < 1.29 is 13.2 Å².